The van der Waals surface area contributed by atoms with Gasteiger partial charge in [0.25, 0.3) is 5.91 Å². The number of nitrogens with zero attached hydrogens (tertiary/aromatic N) is 1. The maximum Gasteiger partial charge on any atom is 0.337 e. The number of benzene rings is 2. The number of methoxy groups -OCH3 is 1. The Labute approximate surface area is 163 Å². The molecule has 0 saturated carbocycles. The minimum absolute atomic E-state index is 0.274. The third-order valence-electron chi connectivity index (χ3n) is 4.29. The van der Waals surface area contributed by atoms with Gasteiger partial charge < -0.3 is 15.4 Å². The van der Waals surface area contributed by atoms with Crippen LogP contribution in [0.3, 0.4) is 0 Å². The average Bonchev–Trinajstić information content (AvgIpc) is 2.71. The molecule has 2 N–H and O–H groups in total. The van der Waals surface area contributed by atoms with E-state index in [9.17, 15) is 9.59 Å². The first-order chi connectivity index (χ1) is 13.5. The summed E-state index contributed by atoms with van der Waals surface area (Å²) >= 11 is 0. The van der Waals surface area contributed by atoms with Gasteiger partial charge in [0.1, 0.15) is 5.69 Å². The zero-order valence-electron chi connectivity index (χ0n) is 15.9. The van der Waals surface area contributed by atoms with Gasteiger partial charge in [-0.2, -0.15) is 0 Å². The van der Waals surface area contributed by atoms with Gasteiger partial charge in [-0.05, 0) is 55.3 Å². The first-order valence-corrected chi connectivity index (χ1v) is 8.77. The fourth-order valence-electron chi connectivity index (χ4n) is 2.79. The van der Waals surface area contributed by atoms with Gasteiger partial charge in [-0.1, -0.05) is 24.3 Å². The SMILES string of the molecule is COC(=O)c1cccc(NC(=O)c2ccc(Nc3c(C)cccc3C)cn2)c1. The molecule has 1 amide bonds. The maximum absolute atomic E-state index is 12.4. The highest BCUT2D eigenvalue weighted by Gasteiger charge is 2.11. The number of carbonyl (C=O) groups is 2. The molecule has 0 saturated heterocycles. The molecule has 0 fully saturated rings. The molecule has 3 aromatic rings. The molecule has 0 aliphatic heterocycles. The molecule has 3 rings (SSSR count). The lowest BCUT2D eigenvalue weighted by atomic mass is 10.1. The number of amides is 1. The number of nitrogens with one attached hydrogen (secondary N) is 2. The predicted molar refractivity (Wildman–Crippen MR) is 109 cm³/mol. The number of hydrogen-bond donors (Lipinski definition) is 2. The van der Waals surface area contributed by atoms with Crippen LogP contribution in [0.4, 0.5) is 17.1 Å². The molecule has 0 bridgehead atoms. The van der Waals surface area contributed by atoms with E-state index in [1.165, 1.54) is 7.11 Å². The zero-order chi connectivity index (χ0) is 20.1. The lowest BCUT2D eigenvalue weighted by molar-refractivity contribution is 0.0600. The Morgan fingerprint density at radius 3 is 2.29 bits per heavy atom. The van der Waals surface area contributed by atoms with Crippen LogP contribution >= 0.6 is 0 Å². The van der Waals surface area contributed by atoms with Crippen LogP contribution in [0.5, 0.6) is 0 Å². The standard InChI is InChI=1S/C22H21N3O3/c1-14-6-4-7-15(2)20(14)24-18-10-11-19(23-13-18)21(26)25-17-9-5-8-16(12-17)22(27)28-3/h4-13,24H,1-3H3,(H,25,26). The minimum Gasteiger partial charge on any atom is -0.465 e. The van der Waals surface area contributed by atoms with E-state index < -0.39 is 5.97 Å². The van der Waals surface area contributed by atoms with E-state index in [-0.39, 0.29) is 11.6 Å². The van der Waals surface area contributed by atoms with Crippen molar-refractivity contribution in [1.82, 2.24) is 4.98 Å². The van der Waals surface area contributed by atoms with Gasteiger partial charge in [0.15, 0.2) is 0 Å². The quantitative estimate of drug-likeness (QED) is 0.643. The number of hydrogen-bond acceptors (Lipinski definition) is 5. The number of rotatable bonds is 5. The first-order valence-electron chi connectivity index (χ1n) is 8.77. The van der Waals surface area contributed by atoms with Crippen LogP contribution in [0.25, 0.3) is 0 Å². The summed E-state index contributed by atoms with van der Waals surface area (Å²) in [5.74, 6) is -0.822. The molecule has 0 aliphatic rings. The second-order valence-corrected chi connectivity index (χ2v) is 6.35. The average molecular weight is 375 g/mol. The number of aromatic nitrogens is 1. The lowest BCUT2D eigenvalue weighted by Gasteiger charge is -2.12. The minimum atomic E-state index is -0.462. The van der Waals surface area contributed by atoms with Crippen LogP contribution in [0.1, 0.15) is 32.0 Å². The van der Waals surface area contributed by atoms with E-state index >= 15 is 0 Å². The van der Waals surface area contributed by atoms with Crippen molar-refractivity contribution in [3.8, 4) is 0 Å². The fourth-order valence-corrected chi connectivity index (χ4v) is 2.79. The van der Waals surface area contributed by atoms with E-state index in [2.05, 4.69) is 20.4 Å². The molecule has 1 aromatic heterocycles. The van der Waals surface area contributed by atoms with Crippen LogP contribution < -0.4 is 10.6 Å². The summed E-state index contributed by atoms with van der Waals surface area (Å²) in [6, 6.07) is 16.1. The number of aryl methyl sites for hydroxylation is 2. The molecule has 28 heavy (non-hydrogen) atoms. The van der Waals surface area contributed by atoms with Gasteiger partial charge in [-0.25, -0.2) is 9.78 Å². The Morgan fingerprint density at radius 1 is 0.929 bits per heavy atom. The van der Waals surface area contributed by atoms with E-state index in [1.54, 1.807) is 42.6 Å². The highest BCUT2D eigenvalue weighted by atomic mass is 16.5. The molecule has 0 aliphatic carbocycles. The third-order valence-corrected chi connectivity index (χ3v) is 4.29. The molecule has 0 unspecified atom stereocenters. The molecule has 0 radical (unpaired) electrons. The van der Waals surface area contributed by atoms with Gasteiger partial charge in [0.2, 0.25) is 0 Å². The summed E-state index contributed by atoms with van der Waals surface area (Å²) in [5, 5.41) is 6.07. The van der Waals surface area contributed by atoms with E-state index in [0.717, 1.165) is 22.5 Å². The smallest absolute Gasteiger partial charge is 0.337 e. The Morgan fingerprint density at radius 2 is 1.64 bits per heavy atom. The largest absolute Gasteiger partial charge is 0.465 e. The molecule has 142 valence electrons. The molecule has 2 aromatic carbocycles. The number of para-hydroxylation sites is 1. The van der Waals surface area contributed by atoms with E-state index in [0.29, 0.717) is 11.3 Å². The molecular weight excluding hydrogens is 354 g/mol. The summed E-state index contributed by atoms with van der Waals surface area (Å²) < 4.78 is 4.69. The maximum atomic E-state index is 12.4. The second kappa shape index (κ2) is 8.35. The summed E-state index contributed by atoms with van der Waals surface area (Å²) in [5.41, 5.74) is 5.21. The number of anilines is 3. The van der Waals surface area contributed by atoms with Crippen molar-refractivity contribution in [2.75, 3.05) is 17.7 Å². The summed E-state index contributed by atoms with van der Waals surface area (Å²) in [7, 11) is 1.31. The number of carbonyl (C=O) groups excluding carboxylic acids is 2. The van der Waals surface area contributed by atoms with Crippen molar-refractivity contribution in [3.05, 3.63) is 83.2 Å². The van der Waals surface area contributed by atoms with Crippen molar-refractivity contribution >= 4 is 28.9 Å². The Hall–Kier alpha value is -3.67. The van der Waals surface area contributed by atoms with Gasteiger partial charge in [0, 0.05) is 11.4 Å². The van der Waals surface area contributed by atoms with Crippen LogP contribution in [-0.4, -0.2) is 24.0 Å². The normalized spacial score (nSPS) is 10.2. The Kier molecular flexibility index (Phi) is 5.69. The molecule has 0 spiro atoms. The molecular formula is C22H21N3O3. The first kappa shape index (κ1) is 19.1. The lowest BCUT2D eigenvalue weighted by Crippen LogP contribution is -2.14. The molecule has 6 heteroatoms. The van der Waals surface area contributed by atoms with Crippen molar-refractivity contribution in [1.29, 1.82) is 0 Å². The van der Waals surface area contributed by atoms with E-state index in [1.807, 2.05) is 32.0 Å². The van der Waals surface area contributed by atoms with Crippen molar-refractivity contribution in [3.63, 3.8) is 0 Å². The monoisotopic (exact) mass is 375 g/mol. The highest BCUT2D eigenvalue weighted by molar-refractivity contribution is 6.03. The third kappa shape index (κ3) is 4.35. The van der Waals surface area contributed by atoms with Gasteiger partial charge in [0.05, 0.1) is 24.6 Å². The van der Waals surface area contributed by atoms with Gasteiger partial charge in [-0.15, -0.1) is 0 Å². The van der Waals surface area contributed by atoms with Crippen molar-refractivity contribution in [2.24, 2.45) is 0 Å². The Bertz CT molecular complexity index is 994. The summed E-state index contributed by atoms with van der Waals surface area (Å²) in [6.07, 6.45) is 1.62. The van der Waals surface area contributed by atoms with Gasteiger partial charge in [-0.3, -0.25) is 4.79 Å². The molecule has 6 nitrogen and oxygen atoms in total. The van der Waals surface area contributed by atoms with Crippen LogP contribution in [-0.2, 0) is 4.74 Å². The summed E-state index contributed by atoms with van der Waals surface area (Å²) in [6.45, 7) is 4.07. The topological polar surface area (TPSA) is 80.3 Å². The van der Waals surface area contributed by atoms with Crippen molar-refractivity contribution in [2.45, 2.75) is 13.8 Å². The molecule has 1 heterocycles. The van der Waals surface area contributed by atoms with E-state index in [4.69, 9.17) is 0 Å². The van der Waals surface area contributed by atoms with Crippen LogP contribution in [0.2, 0.25) is 0 Å². The Balaban J connectivity index is 1.71. The van der Waals surface area contributed by atoms with Crippen molar-refractivity contribution < 1.29 is 14.3 Å². The number of ether oxygens (including phenoxy) is 1. The molecule has 0 atom stereocenters. The van der Waals surface area contributed by atoms with Gasteiger partial charge >= 0.3 is 5.97 Å². The summed E-state index contributed by atoms with van der Waals surface area (Å²) in [4.78, 5) is 28.3. The van der Waals surface area contributed by atoms with Crippen LogP contribution in [0.15, 0.2) is 60.8 Å². The zero-order valence-corrected chi connectivity index (χ0v) is 15.9. The fraction of sp³-hybridized carbons (Fsp3) is 0.136. The number of esters is 1. The highest BCUT2D eigenvalue weighted by Crippen LogP contribution is 2.24. The van der Waals surface area contributed by atoms with Crippen LogP contribution in [0, 0.1) is 13.8 Å². The predicted octanol–water partition coefficient (Wildman–Crippen LogP) is 4.48. The second-order valence-electron chi connectivity index (χ2n) is 6.35. The number of pyridine rings is 1.